The van der Waals surface area contributed by atoms with Gasteiger partial charge in [-0.05, 0) is 42.6 Å². The van der Waals surface area contributed by atoms with E-state index in [0.29, 0.717) is 5.56 Å². The van der Waals surface area contributed by atoms with Gasteiger partial charge in [0.15, 0.2) is 0 Å². The highest BCUT2D eigenvalue weighted by atomic mass is 32.1. The number of fused-ring (bicyclic) bond motifs is 2. The molecule has 0 fully saturated rings. The molecule has 0 aliphatic carbocycles. The molecule has 0 saturated carbocycles. The minimum atomic E-state index is -1.12. The molecule has 4 nitrogen and oxygen atoms in total. The topological polar surface area (TPSA) is 62.2 Å². The molecule has 0 bridgehead atoms. The first-order valence-corrected chi connectivity index (χ1v) is 9.55. The molecule has 2 aromatic carbocycles. The zero-order valence-corrected chi connectivity index (χ0v) is 15.2. The van der Waals surface area contributed by atoms with Crippen molar-refractivity contribution < 1.29 is 9.90 Å². The van der Waals surface area contributed by atoms with Crippen LogP contribution in [0.3, 0.4) is 0 Å². The average molecular weight is 368 g/mol. The number of rotatable bonds is 4. The van der Waals surface area contributed by atoms with E-state index in [4.69, 9.17) is 0 Å². The Labute approximate surface area is 152 Å². The molecular weight excluding hydrogens is 352 g/mol. The third kappa shape index (κ3) is 3.16. The van der Waals surface area contributed by atoms with Crippen molar-refractivity contribution in [1.82, 2.24) is 10.3 Å². The van der Waals surface area contributed by atoms with E-state index in [-0.39, 0.29) is 12.5 Å². The summed E-state index contributed by atoms with van der Waals surface area (Å²) in [5.74, 6) is -0.198. The minimum absolute atomic E-state index is 0.152. The fraction of sp³-hybridized carbons (Fsp3) is 0.158. The van der Waals surface area contributed by atoms with Crippen molar-refractivity contribution in [2.45, 2.75) is 12.5 Å². The van der Waals surface area contributed by atoms with Gasteiger partial charge in [-0.25, -0.2) is 4.98 Å². The second kappa shape index (κ2) is 6.22. The van der Waals surface area contributed by atoms with E-state index in [2.05, 4.69) is 10.3 Å². The van der Waals surface area contributed by atoms with Crippen LogP contribution in [0.5, 0.6) is 0 Å². The Bertz CT molecular complexity index is 1030. The summed E-state index contributed by atoms with van der Waals surface area (Å²) in [6, 6.07) is 15.4. The molecule has 2 heterocycles. The van der Waals surface area contributed by atoms with Gasteiger partial charge < -0.3 is 10.4 Å². The van der Waals surface area contributed by atoms with Crippen molar-refractivity contribution in [3.8, 4) is 0 Å². The second-order valence-corrected chi connectivity index (χ2v) is 8.11. The summed E-state index contributed by atoms with van der Waals surface area (Å²) >= 11 is 3.05. The number of nitrogens with zero attached hydrogens (tertiary/aromatic N) is 1. The Kier molecular flexibility index (Phi) is 4.03. The summed E-state index contributed by atoms with van der Waals surface area (Å²) in [4.78, 5) is 17.5. The first-order valence-electron chi connectivity index (χ1n) is 7.86. The number of amides is 1. The van der Waals surface area contributed by atoms with Crippen molar-refractivity contribution in [2.24, 2.45) is 0 Å². The largest absolute Gasteiger partial charge is 0.383 e. The summed E-state index contributed by atoms with van der Waals surface area (Å²) in [6.45, 7) is 1.88. The molecule has 1 amide bonds. The SMILES string of the molecule is CC(O)(CNC(=O)c1ccc2ncsc2c1)c1cc2ccccc2s1. The number of hydrogen-bond donors (Lipinski definition) is 2. The summed E-state index contributed by atoms with van der Waals surface area (Å²) < 4.78 is 2.10. The summed E-state index contributed by atoms with van der Waals surface area (Å²) in [5.41, 5.74) is 2.11. The van der Waals surface area contributed by atoms with E-state index in [1.807, 2.05) is 42.5 Å². The predicted molar refractivity (Wildman–Crippen MR) is 103 cm³/mol. The van der Waals surface area contributed by atoms with E-state index in [1.165, 1.54) is 11.3 Å². The van der Waals surface area contributed by atoms with E-state index in [1.54, 1.807) is 29.8 Å². The van der Waals surface area contributed by atoms with Gasteiger partial charge in [-0.15, -0.1) is 22.7 Å². The molecule has 0 aliphatic rings. The standard InChI is InChI=1S/C19H16N2O2S2/c1-19(23,17-9-12-4-2-3-5-15(12)25-17)10-20-18(22)13-6-7-14-16(8-13)24-11-21-14/h2-9,11,23H,10H2,1H3,(H,20,22). The molecule has 4 aromatic rings. The van der Waals surface area contributed by atoms with Crippen molar-refractivity contribution in [1.29, 1.82) is 0 Å². The molecule has 1 atom stereocenters. The Hall–Kier alpha value is -2.28. The third-order valence-corrected chi connectivity index (χ3v) is 6.30. The highest BCUT2D eigenvalue weighted by Gasteiger charge is 2.26. The molecule has 0 aliphatic heterocycles. The highest BCUT2D eigenvalue weighted by Crippen LogP contribution is 2.32. The zero-order chi connectivity index (χ0) is 17.4. The Morgan fingerprint density at radius 2 is 2.04 bits per heavy atom. The number of thiophene rings is 1. The van der Waals surface area contributed by atoms with Gasteiger partial charge in [-0.1, -0.05) is 18.2 Å². The van der Waals surface area contributed by atoms with E-state index in [9.17, 15) is 9.90 Å². The van der Waals surface area contributed by atoms with E-state index in [0.717, 1.165) is 25.2 Å². The molecule has 4 rings (SSSR count). The first kappa shape index (κ1) is 16.2. The first-order chi connectivity index (χ1) is 12.0. The van der Waals surface area contributed by atoms with Gasteiger partial charge in [0.2, 0.25) is 0 Å². The highest BCUT2D eigenvalue weighted by molar-refractivity contribution is 7.19. The van der Waals surface area contributed by atoms with Gasteiger partial charge in [-0.2, -0.15) is 0 Å². The lowest BCUT2D eigenvalue weighted by Gasteiger charge is -2.22. The van der Waals surface area contributed by atoms with Crippen LogP contribution < -0.4 is 5.32 Å². The Morgan fingerprint density at radius 3 is 2.88 bits per heavy atom. The number of benzene rings is 2. The molecular formula is C19H16N2O2S2. The predicted octanol–water partition coefficient (Wildman–Crippen LogP) is 4.15. The van der Waals surface area contributed by atoms with Crippen LogP contribution in [0, 0.1) is 0 Å². The van der Waals surface area contributed by atoms with Crippen LogP contribution in [-0.2, 0) is 5.60 Å². The molecule has 2 aromatic heterocycles. The van der Waals surface area contributed by atoms with Gasteiger partial charge in [0.1, 0.15) is 5.60 Å². The van der Waals surface area contributed by atoms with E-state index >= 15 is 0 Å². The van der Waals surface area contributed by atoms with Crippen LogP contribution in [0.2, 0.25) is 0 Å². The monoisotopic (exact) mass is 368 g/mol. The number of aromatic nitrogens is 1. The van der Waals surface area contributed by atoms with Crippen molar-refractivity contribution >= 4 is 48.9 Å². The van der Waals surface area contributed by atoms with Crippen LogP contribution in [-0.4, -0.2) is 22.5 Å². The fourth-order valence-electron chi connectivity index (χ4n) is 2.69. The Morgan fingerprint density at radius 1 is 1.20 bits per heavy atom. The molecule has 1 unspecified atom stereocenters. The molecule has 0 saturated heterocycles. The lowest BCUT2D eigenvalue weighted by atomic mass is 10.0. The van der Waals surface area contributed by atoms with E-state index < -0.39 is 5.60 Å². The van der Waals surface area contributed by atoms with Crippen molar-refractivity contribution in [3.63, 3.8) is 0 Å². The number of thiazole rings is 1. The molecule has 25 heavy (non-hydrogen) atoms. The van der Waals surface area contributed by atoms with Gasteiger partial charge in [-0.3, -0.25) is 4.79 Å². The number of aliphatic hydroxyl groups is 1. The van der Waals surface area contributed by atoms with Crippen LogP contribution >= 0.6 is 22.7 Å². The van der Waals surface area contributed by atoms with Crippen molar-refractivity contribution in [2.75, 3.05) is 6.54 Å². The van der Waals surface area contributed by atoms with Crippen LogP contribution in [0.25, 0.3) is 20.3 Å². The molecule has 2 N–H and O–H groups in total. The van der Waals surface area contributed by atoms with Gasteiger partial charge >= 0.3 is 0 Å². The summed E-state index contributed by atoms with van der Waals surface area (Å²) in [7, 11) is 0. The smallest absolute Gasteiger partial charge is 0.251 e. The van der Waals surface area contributed by atoms with Gasteiger partial charge in [0, 0.05) is 15.1 Å². The molecule has 0 radical (unpaired) electrons. The maximum absolute atomic E-state index is 12.4. The third-order valence-electron chi connectivity index (χ3n) is 4.14. The number of carbonyl (C=O) groups excluding carboxylic acids is 1. The summed E-state index contributed by atoms with van der Waals surface area (Å²) in [5, 5.41) is 14.8. The maximum Gasteiger partial charge on any atom is 0.251 e. The minimum Gasteiger partial charge on any atom is -0.383 e. The second-order valence-electron chi connectivity index (χ2n) is 6.14. The lowest BCUT2D eigenvalue weighted by molar-refractivity contribution is 0.0557. The van der Waals surface area contributed by atoms with Crippen LogP contribution in [0.1, 0.15) is 22.2 Å². The zero-order valence-electron chi connectivity index (χ0n) is 13.5. The molecule has 0 spiro atoms. The normalized spacial score (nSPS) is 13.8. The molecule has 126 valence electrons. The van der Waals surface area contributed by atoms with Gasteiger partial charge in [0.25, 0.3) is 5.91 Å². The number of hydrogen-bond acceptors (Lipinski definition) is 5. The van der Waals surface area contributed by atoms with Crippen molar-refractivity contribution in [3.05, 3.63) is 64.5 Å². The molecule has 6 heteroatoms. The number of carbonyl (C=O) groups is 1. The average Bonchev–Trinajstić information content (AvgIpc) is 3.25. The fourth-order valence-corrected chi connectivity index (χ4v) is 4.51. The van der Waals surface area contributed by atoms with Crippen LogP contribution in [0.15, 0.2) is 54.0 Å². The van der Waals surface area contributed by atoms with Gasteiger partial charge in [0.05, 0.1) is 22.3 Å². The quantitative estimate of drug-likeness (QED) is 0.569. The summed E-state index contributed by atoms with van der Waals surface area (Å²) in [6.07, 6.45) is 0. The maximum atomic E-state index is 12.4. The number of nitrogens with one attached hydrogen (secondary N) is 1. The lowest BCUT2D eigenvalue weighted by Crippen LogP contribution is -2.38. The Balaban J connectivity index is 1.51. The van der Waals surface area contributed by atoms with Crippen LogP contribution in [0.4, 0.5) is 0 Å².